The number of nitrogens with zero attached hydrogens (tertiary/aromatic N) is 1. The molecule has 0 spiro atoms. The maximum atomic E-state index is 12.4. The van der Waals surface area contributed by atoms with Gasteiger partial charge in [-0.2, -0.15) is 5.26 Å². The highest BCUT2D eigenvalue weighted by molar-refractivity contribution is 7.95. The molecule has 1 N–H and O–H groups in total. The Hall–Kier alpha value is -2.82. The number of carbonyl (C=O) groups excluding carboxylic acids is 1. The number of nitriles is 1. The van der Waals surface area contributed by atoms with Crippen molar-refractivity contribution in [3.63, 3.8) is 0 Å². The van der Waals surface area contributed by atoms with Crippen LogP contribution >= 0.6 is 11.6 Å². The molecule has 0 aliphatic heterocycles. The Morgan fingerprint density at radius 1 is 1.16 bits per heavy atom. The number of nitrogens with one attached hydrogen (secondary N) is 1. The smallest absolute Gasteiger partial charge is 0.337 e. The lowest BCUT2D eigenvalue weighted by molar-refractivity contribution is 0.0601. The number of anilines is 1. The number of benzene rings is 2. The Kier molecular flexibility index (Phi) is 5.80. The fourth-order valence-electron chi connectivity index (χ4n) is 1.88. The van der Waals surface area contributed by atoms with Gasteiger partial charge in [-0.05, 0) is 48.5 Å². The van der Waals surface area contributed by atoms with Crippen LogP contribution in [0.1, 0.15) is 10.4 Å². The first-order valence-corrected chi connectivity index (χ1v) is 8.80. The van der Waals surface area contributed by atoms with E-state index in [9.17, 15) is 18.5 Å². The highest BCUT2D eigenvalue weighted by Gasteiger charge is 2.20. The molecule has 0 atom stereocenters. The summed E-state index contributed by atoms with van der Waals surface area (Å²) < 4.78 is 29.5. The summed E-state index contributed by atoms with van der Waals surface area (Å²) in [4.78, 5) is 10.9. The molecule has 0 unspecified atom stereocenters. The monoisotopic (exact) mass is 376 g/mol. The normalized spacial score (nSPS) is 11.5. The minimum Gasteiger partial charge on any atom is -0.465 e. The van der Waals surface area contributed by atoms with Crippen LogP contribution in [0, 0.1) is 11.3 Å². The molecule has 0 aromatic heterocycles. The van der Waals surface area contributed by atoms with Gasteiger partial charge in [-0.3, -0.25) is 0 Å². The van der Waals surface area contributed by atoms with Crippen molar-refractivity contribution in [2.75, 3.05) is 12.4 Å². The second kappa shape index (κ2) is 7.83. The number of halogens is 1. The van der Waals surface area contributed by atoms with E-state index in [1.54, 1.807) is 18.2 Å². The largest absolute Gasteiger partial charge is 0.465 e. The minimum absolute atomic E-state index is 0.0347. The van der Waals surface area contributed by atoms with Gasteiger partial charge in [0.25, 0.3) is 0 Å². The van der Waals surface area contributed by atoms with Crippen LogP contribution in [-0.2, 0) is 14.6 Å². The average Bonchev–Trinajstić information content (AvgIpc) is 2.62. The number of allylic oxidation sites excluding steroid dienone is 1. The van der Waals surface area contributed by atoms with Gasteiger partial charge >= 0.3 is 5.97 Å². The zero-order chi connectivity index (χ0) is 18.4. The SMILES string of the molecule is COC(=O)c1ccc(N/C=C(\C#N)S(=O)(=O)c2ccc(Cl)cc2)cc1. The Labute approximate surface area is 150 Å². The van der Waals surface area contributed by atoms with Crippen LogP contribution in [0.2, 0.25) is 5.02 Å². The maximum absolute atomic E-state index is 12.4. The second-order valence-corrected chi connectivity index (χ2v) is 7.15. The van der Waals surface area contributed by atoms with E-state index in [2.05, 4.69) is 10.1 Å². The van der Waals surface area contributed by atoms with Crippen molar-refractivity contribution in [3.05, 3.63) is 70.2 Å². The Bertz CT molecular complexity index is 944. The molecule has 2 aromatic rings. The number of ether oxygens (including phenoxy) is 1. The van der Waals surface area contributed by atoms with Crippen molar-refractivity contribution in [1.29, 1.82) is 5.26 Å². The topological polar surface area (TPSA) is 96.3 Å². The summed E-state index contributed by atoms with van der Waals surface area (Å²) in [7, 11) is -2.68. The lowest BCUT2D eigenvalue weighted by Gasteiger charge is -2.05. The fraction of sp³-hybridized carbons (Fsp3) is 0.0588. The molecule has 0 aliphatic rings. The number of esters is 1. The Morgan fingerprint density at radius 2 is 1.76 bits per heavy atom. The number of hydrogen-bond acceptors (Lipinski definition) is 6. The summed E-state index contributed by atoms with van der Waals surface area (Å²) in [6, 6.07) is 13.3. The third-order valence-corrected chi connectivity index (χ3v) is 5.13. The molecule has 0 saturated heterocycles. The summed E-state index contributed by atoms with van der Waals surface area (Å²) in [6.45, 7) is 0. The molecule has 0 saturated carbocycles. The predicted octanol–water partition coefficient (Wildman–Crippen LogP) is 3.38. The van der Waals surface area contributed by atoms with E-state index < -0.39 is 20.7 Å². The highest BCUT2D eigenvalue weighted by atomic mass is 35.5. The first-order chi connectivity index (χ1) is 11.9. The standard InChI is InChI=1S/C17H13ClN2O4S/c1-24-17(21)12-2-6-14(7-3-12)20-11-16(10-19)25(22,23)15-8-4-13(18)5-9-15/h2-9,11,20H,1H3/b16-11+. The summed E-state index contributed by atoms with van der Waals surface area (Å²) in [5, 5.41) is 12.3. The number of rotatable bonds is 5. The third-order valence-electron chi connectivity index (χ3n) is 3.20. The van der Waals surface area contributed by atoms with Gasteiger partial charge in [-0.1, -0.05) is 11.6 Å². The zero-order valence-electron chi connectivity index (χ0n) is 13.1. The Balaban J connectivity index is 2.24. The van der Waals surface area contributed by atoms with Crippen molar-refractivity contribution in [2.24, 2.45) is 0 Å². The quantitative estimate of drug-likeness (QED) is 0.634. The number of methoxy groups -OCH3 is 1. The molecule has 0 radical (unpaired) electrons. The molecule has 128 valence electrons. The minimum atomic E-state index is -3.96. The van der Waals surface area contributed by atoms with Crippen molar-refractivity contribution >= 4 is 33.1 Å². The van der Waals surface area contributed by atoms with Gasteiger partial charge < -0.3 is 10.1 Å². The molecule has 0 aliphatic carbocycles. The lowest BCUT2D eigenvalue weighted by atomic mass is 10.2. The first kappa shape index (κ1) is 18.5. The second-order valence-electron chi connectivity index (χ2n) is 4.79. The van der Waals surface area contributed by atoms with Crippen LogP contribution in [0.3, 0.4) is 0 Å². The first-order valence-electron chi connectivity index (χ1n) is 6.94. The summed E-state index contributed by atoms with van der Waals surface area (Å²) >= 11 is 5.74. The molecule has 0 fully saturated rings. The molecular formula is C17H13ClN2O4S. The molecule has 2 aromatic carbocycles. The molecule has 0 amide bonds. The van der Waals surface area contributed by atoms with E-state index in [0.717, 1.165) is 6.20 Å². The Morgan fingerprint density at radius 3 is 2.28 bits per heavy atom. The van der Waals surface area contributed by atoms with Crippen LogP contribution in [0.25, 0.3) is 0 Å². The molecule has 8 heteroatoms. The van der Waals surface area contributed by atoms with E-state index in [4.69, 9.17) is 11.6 Å². The predicted molar refractivity (Wildman–Crippen MR) is 93.7 cm³/mol. The summed E-state index contributed by atoms with van der Waals surface area (Å²) in [6.07, 6.45) is 1.09. The molecule has 0 bridgehead atoms. The zero-order valence-corrected chi connectivity index (χ0v) is 14.6. The molecule has 6 nitrogen and oxygen atoms in total. The van der Waals surface area contributed by atoms with Gasteiger partial charge in [0, 0.05) is 16.9 Å². The molecule has 25 heavy (non-hydrogen) atoms. The van der Waals surface area contributed by atoms with E-state index in [1.165, 1.54) is 43.5 Å². The molecule has 2 rings (SSSR count). The van der Waals surface area contributed by atoms with E-state index in [1.807, 2.05) is 0 Å². The third kappa shape index (κ3) is 4.38. The van der Waals surface area contributed by atoms with Crippen LogP contribution in [0.4, 0.5) is 5.69 Å². The van der Waals surface area contributed by atoms with Crippen LogP contribution in [0.5, 0.6) is 0 Å². The van der Waals surface area contributed by atoms with Gasteiger partial charge in [0.1, 0.15) is 6.07 Å². The van der Waals surface area contributed by atoms with Crippen LogP contribution < -0.4 is 5.32 Å². The average molecular weight is 377 g/mol. The molecular weight excluding hydrogens is 364 g/mol. The van der Waals surface area contributed by atoms with Gasteiger partial charge in [-0.15, -0.1) is 0 Å². The van der Waals surface area contributed by atoms with E-state index >= 15 is 0 Å². The van der Waals surface area contributed by atoms with Gasteiger partial charge in [0.05, 0.1) is 17.6 Å². The van der Waals surface area contributed by atoms with Crippen molar-refractivity contribution in [1.82, 2.24) is 0 Å². The number of hydrogen-bond donors (Lipinski definition) is 1. The van der Waals surface area contributed by atoms with Crippen LogP contribution in [0.15, 0.2) is 64.5 Å². The fourth-order valence-corrected chi connectivity index (χ4v) is 3.09. The van der Waals surface area contributed by atoms with Gasteiger partial charge in [-0.25, -0.2) is 13.2 Å². The van der Waals surface area contributed by atoms with Crippen molar-refractivity contribution < 1.29 is 17.9 Å². The van der Waals surface area contributed by atoms with E-state index in [0.29, 0.717) is 16.3 Å². The summed E-state index contributed by atoms with van der Waals surface area (Å²) in [5.41, 5.74) is 0.859. The van der Waals surface area contributed by atoms with Gasteiger partial charge in [0.2, 0.25) is 9.84 Å². The van der Waals surface area contributed by atoms with Crippen molar-refractivity contribution in [2.45, 2.75) is 4.90 Å². The molecule has 0 heterocycles. The van der Waals surface area contributed by atoms with Gasteiger partial charge in [0.15, 0.2) is 4.91 Å². The highest BCUT2D eigenvalue weighted by Crippen LogP contribution is 2.21. The maximum Gasteiger partial charge on any atom is 0.337 e. The lowest BCUT2D eigenvalue weighted by Crippen LogP contribution is -2.06. The number of sulfone groups is 1. The van der Waals surface area contributed by atoms with Crippen molar-refractivity contribution in [3.8, 4) is 6.07 Å². The van der Waals surface area contributed by atoms with E-state index in [-0.39, 0.29) is 4.90 Å². The number of carbonyl (C=O) groups is 1. The summed E-state index contributed by atoms with van der Waals surface area (Å²) in [5.74, 6) is -0.481. The van der Waals surface area contributed by atoms with Crippen LogP contribution in [-0.4, -0.2) is 21.5 Å².